The molecule has 1 N–H and O–H groups in total. The second-order valence-electron chi connectivity index (χ2n) is 4.40. The van der Waals surface area contributed by atoms with Crippen LogP contribution in [-0.2, 0) is 13.5 Å². The Morgan fingerprint density at radius 1 is 1.30 bits per heavy atom. The molecule has 0 aliphatic heterocycles. The maximum atomic E-state index is 12.0. The van der Waals surface area contributed by atoms with Crippen LogP contribution in [0.3, 0.4) is 0 Å². The lowest BCUT2D eigenvalue weighted by Gasteiger charge is -2.01. The lowest BCUT2D eigenvalue weighted by atomic mass is 10.0. The molecule has 2 aromatic rings. The van der Waals surface area contributed by atoms with E-state index < -0.39 is 5.97 Å². The molecule has 0 unspecified atom stereocenters. The molecule has 5 nitrogen and oxygen atoms in total. The third-order valence-corrected chi connectivity index (χ3v) is 3.69. The largest absolute Gasteiger partial charge is 0.478 e. The van der Waals surface area contributed by atoms with E-state index >= 15 is 0 Å². The van der Waals surface area contributed by atoms with Gasteiger partial charge in [0.1, 0.15) is 10.3 Å². The summed E-state index contributed by atoms with van der Waals surface area (Å²) in [5.74, 6) is -0.987. The van der Waals surface area contributed by atoms with E-state index in [4.69, 9.17) is 5.11 Å². The van der Waals surface area contributed by atoms with E-state index in [1.54, 1.807) is 42.1 Å². The van der Waals surface area contributed by atoms with Crippen LogP contribution in [0, 0.1) is 0 Å². The van der Waals surface area contributed by atoms with Gasteiger partial charge in [-0.25, -0.2) is 4.79 Å². The monoisotopic (exact) mass is 336 g/mol. The van der Waals surface area contributed by atoms with Crippen molar-refractivity contribution in [2.75, 3.05) is 0 Å². The fourth-order valence-corrected chi connectivity index (χ4v) is 2.08. The SMILES string of the molecule is Cn1nc(C(=O)CCc2ccc(C(=O)O)cc2)cc1Br. The highest BCUT2D eigenvalue weighted by Gasteiger charge is 2.12. The van der Waals surface area contributed by atoms with Gasteiger partial charge in [0.25, 0.3) is 0 Å². The second-order valence-corrected chi connectivity index (χ2v) is 5.21. The number of ketones is 1. The summed E-state index contributed by atoms with van der Waals surface area (Å²) in [7, 11) is 1.76. The summed E-state index contributed by atoms with van der Waals surface area (Å²) in [5.41, 5.74) is 1.61. The molecule has 0 amide bonds. The number of hydrogen-bond donors (Lipinski definition) is 1. The number of aromatic nitrogens is 2. The molecule has 2 rings (SSSR count). The predicted molar refractivity (Wildman–Crippen MR) is 77.0 cm³/mol. The number of halogens is 1. The fourth-order valence-electron chi connectivity index (χ4n) is 1.78. The van der Waals surface area contributed by atoms with E-state index in [1.165, 1.54) is 0 Å². The van der Waals surface area contributed by atoms with Crippen LogP contribution in [-0.4, -0.2) is 26.6 Å². The summed E-state index contributed by atoms with van der Waals surface area (Å²) in [6, 6.07) is 8.23. The van der Waals surface area contributed by atoms with E-state index in [0.29, 0.717) is 18.5 Å². The van der Waals surface area contributed by atoms with Gasteiger partial charge < -0.3 is 5.11 Å². The van der Waals surface area contributed by atoms with Crippen molar-refractivity contribution in [2.24, 2.45) is 7.05 Å². The van der Waals surface area contributed by atoms with Gasteiger partial charge in [-0.3, -0.25) is 9.48 Å². The first-order valence-electron chi connectivity index (χ1n) is 6.02. The maximum absolute atomic E-state index is 12.0. The Morgan fingerprint density at radius 3 is 2.45 bits per heavy atom. The second kappa shape index (κ2) is 6.00. The van der Waals surface area contributed by atoms with Crippen LogP contribution in [0.15, 0.2) is 34.9 Å². The van der Waals surface area contributed by atoms with Crippen molar-refractivity contribution in [3.05, 3.63) is 51.8 Å². The Hall–Kier alpha value is -1.95. The number of hydrogen-bond acceptors (Lipinski definition) is 3. The third-order valence-electron chi connectivity index (χ3n) is 2.95. The van der Waals surface area contributed by atoms with Gasteiger partial charge in [0.2, 0.25) is 0 Å². The minimum atomic E-state index is -0.953. The zero-order chi connectivity index (χ0) is 14.7. The van der Waals surface area contributed by atoms with Crippen LogP contribution in [0.4, 0.5) is 0 Å². The summed E-state index contributed by atoms with van der Waals surface area (Å²) in [4.78, 5) is 22.7. The molecular formula is C14H13BrN2O3. The average molecular weight is 337 g/mol. The zero-order valence-corrected chi connectivity index (χ0v) is 12.4. The van der Waals surface area contributed by atoms with E-state index in [1.807, 2.05) is 0 Å². The van der Waals surface area contributed by atoms with Crippen LogP contribution in [0.2, 0.25) is 0 Å². The average Bonchev–Trinajstić information content (AvgIpc) is 2.76. The minimum absolute atomic E-state index is 0.0337. The molecule has 0 saturated heterocycles. The topological polar surface area (TPSA) is 72.2 Å². The number of nitrogens with zero attached hydrogens (tertiary/aromatic N) is 2. The van der Waals surface area contributed by atoms with E-state index in [-0.39, 0.29) is 11.3 Å². The summed E-state index contributed by atoms with van der Waals surface area (Å²) < 4.78 is 2.35. The molecule has 1 heterocycles. The Bertz CT molecular complexity index is 627. The quantitative estimate of drug-likeness (QED) is 0.852. The molecule has 0 bridgehead atoms. The summed E-state index contributed by atoms with van der Waals surface area (Å²) in [6.45, 7) is 0. The summed E-state index contributed by atoms with van der Waals surface area (Å²) >= 11 is 3.29. The number of Topliss-reactive ketones (excluding diaryl/α,β-unsaturated/α-hetero) is 1. The molecule has 20 heavy (non-hydrogen) atoms. The predicted octanol–water partition coefficient (Wildman–Crippen LogP) is 2.70. The van der Waals surface area contributed by atoms with E-state index in [2.05, 4.69) is 21.0 Å². The summed E-state index contributed by atoms with van der Waals surface area (Å²) in [5, 5.41) is 12.9. The van der Waals surface area contributed by atoms with Crippen molar-refractivity contribution in [2.45, 2.75) is 12.8 Å². The van der Waals surface area contributed by atoms with Gasteiger partial charge in [0, 0.05) is 19.5 Å². The molecule has 1 aromatic carbocycles. The van der Waals surface area contributed by atoms with Gasteiger partial charge >= 0.3 is 5.97 Å². The first-order chi connectivity index (χ1) is 9.47. The van der Waals surface area contributed by atoms with E-state index in [0.717, 1.165) is 10.2 Å². The van der Waals surface area contributed by atoms with Gasteiger partial charge in [-0.15, -0.1) is 0 Å². The van der Waals surface area contributed by atoms with Gasteiger partial charge in [-0.2, -0.15) is 5.10 Å². The molecule has 0 aliphatic rings. The Morgan fingerprint density at radius 2 is 1.95 bits per heavy atom. The Labute approximate surface area is 124 Å². The van der Waals surface area contributed by atoms with Crippen molar-refractivity contribution in [1.82, 2.24) is 9.78 Å². The number of aryl methyl sites for hydroxylation is 2. The third kappa shape index (κ3) is 3.33. The van der Waals surface area contributed by atoms with Gasteiger partial charge in [-0.1, -0.05) is 12.1 Å². The van der Waals surface area contributed by atoms with Crippen molar-refractivity contribution < 1.29 is 14.7 Å². The van der Waals surface area contributed by atoms with Crippen LogP contribution < -0.4 is 0 Å². The molecule has 104 valence electrons. The zero-order valence-electron chi connectivity index (χ0n) is 10.8. The van der Waals surface area contributed by atoms with Crippen molar-refractivity contribution in [1.29, 1.82) is 0 Å². The minimum Gasteiger partial charge on any atom is -0.478 e. The molecule has 1 aromatic heterocycles. The number of carboxylic acid groups (broad SMARTS) is 1. The smallest absolute Gasteiger partial charge is 0.335 e. The molecule has 0 saturated carbocycles. The molecule has 0 aliphatic carbocycles. The normalized spacial score (nSPS) is 10.5. The highest BCUT2D eigenvalue weighted by atomic mass is 79.9. The first kappa shape index (κ1) is 14.5. The molecule has 6 heteroatoms. The number of carbonyl (C=O) groups is 2. The number of carbonyl (C=O) groups excluding carboxylic acids is 1. The Kier molecular flexibility index (Phi) is 4.34. The molecule has 0 spiro atoms. The standard InChI is InChI=1S/C14H13BrN2O3/c1-17-13(15)8-11(16-17)12(18)7-4-9-2-5-10(6-3-9)14(19)20/h2-3,5-6,8H,4,7H2,1H3,(H,19,20). The van der Waals surface area contributed by atoms with Gasteiger partial charge in [0.15, 0.2) is 5.78 Å². The van der Waals surface area contributed by atoms with Crippen LogP contribution in [0.25, 0.3) is 0 Å². The Balaban J connectivity index is 1.98. The lowest BCUT2D eigenvalue weighted by molar-refractivity contribution is 0.0696. The number of carboxylic acids is 1. The maximum Gasteiger partial charge on any atom is 0.335 e. The number of aromatic carboxylic acids is 1. The fraction of sp³-hybridized carbons (Fsp3) is 0.214. The van der Waals surface area contributed by atoms with Gasteiger partial charge in [-0.05, 0) is 40.0 Å². The van der Waals surface area contributed by atoms with Crippen molar-refractivity contribution in [3.63, 3.8) is 0 Å². The first-order valence-corrected chi connectivity index (χ1v) is 6.81. The highest BCUT2D eigenvalue weighted by molar-refractivity contribution is 9.10. The van der Waals surface area contributed by atoms with Crippen molar-refractivity contribution in [3.8, 4) is 0 Å². The van der Waals surface area contributed by atoms with Crippen LogP contribution in [0.1, 0.15) is 32.8 Å². The number of rotatable bonds is 5. The summed E-state index contributed by atoms with van der Waals surface area (Å²) in [6.07, 6.45) is 0.906. The molecule has 0 atom stereocenters. The highest BCUT2D eigenvalue weighted by Crippen LogP contribution is 2.13. The van der Waals surface area contributed by atoms with Crippen LogP contribution in [0.5, 0.6) is 0 Å². The molecular weight excluding hydrogens is 324 g/mol. The molecule has 0 fully saturated rings. The van der Waals surface area contributed by atoms with E-state index in [9.17, 15) is 9.59 Å². The molecule has 0 radical (unpaired) electrons. The van der Waals surface area contributed by atoms with Crippen LogP contribution >= 0.6 is 15.9 Å². The lowest BCUT2D eigenvalue weighted by Crippen LogP contribution is -2.03. The van der Waals surface area contributed by atoms with Gasteiger partial charge in [0.05, 0.1) is 5.56 Å². The van der Waals surface area contributed by atoms with Crippen molar-refractivity contribution >= 4 is 27.7 Å². The number of benzene rings is 1.